The first kappa shape index (κ1) is 17.9. The zero-order valence-electron chi connectivity index (χ0n) is 16.2. The highest BCUT2D eigenvalue weighted by molar-refractivity contribution is 5.61. The minimum Gasteiger partial charge on any atom is -0.493 e. The molecule has 0 saturated heterocycles. The summed E-state index contributed by atoms with van der Waals surface area (Å²) in [6.07, 6.45) is 0. The summed E-state index contributed by atoms with van der Waals surface area (Å²) in [5.74, 6) is 2.07. The number of benzene rings is 1. The molecule has 0 radical (unpaired) electrons. The van der Waals surface area contributed by atoms with E-state index >= 15 is 0 Å². The predicted molar refractivity (Wildman–Crippen MR) is 100 cm³/mol. The van der Waals surface area contributed by atoms with Gasteiger partial charge < -0.3 is 23.9 Å². The summed E-state index contributed by atoms with van der Waals surface area (Å²) in [4.78, 5) is 20.0. The van der Waals surface area contributed by atoms with Crippen LogP contribution in [0.1, 0.15) is 34.1 Å². The fraction of sp³-hybridized carbons (Fsp3) is 0.316. The Labute approximate surface area is 160 Å². The molecule has 4 rings (SSSR count). The highest BCUT2D eigenvalue weighted by atomic mass is 16.5. The second-order valence-electron chi connectivity index (χ2n) is 6.43. The van der Waals surface area contributed by atoms with E-state index < -0.39 is 5.92 Å². The van der Waals surface area contributed by atoms with Crippen molar-refractivity contribution in [1.82, 2.24) is 20.2 Å². The van der Waals surface area contributed by atoms with Crippen LogP contribution in [0.2, 0.25) is 0 Å². The van der Waals surface area contributed by atoms with Gasteiger partial charge in [0.25, 0.3) is 5.56 Å². The van der Waals surface area contributed by atoms with Gasteiger partial charge in [0.15, 0.2) is 11.5 Å². The Kier molecular flexibility index (Phi) is 4.21. The Morgan fingerprint density at radius 2 is 1.68 bits per heavy atom. The number of aryl methyl sites for hydroxylation is 2. The Morgan fingerprint density at radius 3 is 2.29 bits per heavy atom. The standard InChI is InChI=1S/C19H20N4O5/c1-8-13-14(10-6-11(25-3)16(27-5)12(7-10)26-4)15-17(24)20-9(2)21-18(15)28-19(13)23-22-8/h6-7,14H,1-5H3,(H,22,23)(H,20,21,24). The molecule has 0 spiro atoms. The number of aromatic amines is 2. The van der Waals surface area contributed by atoms with Crippen LogP contribution in [0.4, 0.5) is 0 Å². The van der Waals surface area contributed by atoms with Gasteiger partial charge in [-0.2, -0.15) is 4.98 Å². The van der Waals surface area contributed by atoms with Gasteiger partial charge in [0, 0.05) is 11.3 Å². The molecule has 3 aromatic rings. The number of aromatic nitrogens is 4. The fourth-order valence-corrected chi connectivity index (χ4v) is 3.57. The minimum atomic E-state index is -0.469. The number of methoxy groups -OCH3 is 3. The molecule has 9 nitrogen and oxygen atoms in total. The molecule has 9 heteroatoms. The SMILES string of the molecule is COc1cc(C2c3c(n[nH]c3C)Oc3nc(C)[nH]c(=O)c32)cc(OC)c1OC. The number of ether oxygens (including phenoxy) is 4. The molecule has 2 N–H and O–H groups in total. The molecule has 0 bridgehead atoms. The third kappa shape index (κ3) is 2.58. The molecular formula is C19H20N4O5. The van der Waals surface area contributed by atoms with Crippen LogP contribution in [0.5, 0.6) is 29.0 Å². The lowest BCUT2D eigenvalue weighted by Crippen LogP contribution is -2.24. The molecule has 28 heavy (non-hydrogen) atoms. The molecule has 1 aliphatic rings. The number of H-pyrrole nitrogens is 2. The lowest BCUT2D eigenvalue weighted by atomic mass is 9.84. The van der Waals surface area contributed by atoms with Crippen LogP contribution in [0, 0.1) is 13.8 Å². The quantitative estimate of drug-likeness (QED) is 0.556. The maximum Gasteiger partial charge on any atom is 0.258 e. The van der Waals surface area contributed by atoms with Gasteiger partial charge in [-0.3, -0.25) is 9.89 Å². The molecule has 1 aliphatic heterocycles. The Balaban J connectivity index is 2.03. The van der Waals surface area contributed by atoms with E-state index in [4.69, 9.17) is 18.9 Å². The van der Waals surface area contributed by atoms with Crippen LogP contribution in [0.3, 0.4) is 0 Å². The zero-order valence-corrected chi connectivity index (χ0v) is 16.2. The summed E-state index contributed by atoms with van der Waals surface area (Å²) in [6, 6.07) is 3.63. The van der Waals surface area contributed by atoms with Crippen molar-refractivity contribution in [2.45, 2.75) is 19.8 Å². The molecule has 0 aliphatic carbocycles. The topological polar surface area (TPSA) is 111 Å². The van der Waals surface area contributed by atoms with Crippen molar-refractivity contribution >= 4 is 0 Å². The average molecular weight is 384 g/mol. The minimum absolute atomic E-state index is 0.235. The van der Waals surface area contributed by atoms with E-state index in [1.165, 1.54) is 0 Å². The molecule has 2 aromatic heterocycles. The summed E-state index contributed by atoms with van der Waals surface area (Å²) in [6.45, 7) is 3.58. The highest BCUT2D eigenvalue weighted by Gasteiger charge is 2.37. The molecule has 1 aromatic carbocycles. The van der Waals surface area contributed by atoms with Gasteiger partial charge in [-0.25, -0.2) is 0 Å². The molecule has 0 fully saturated rings. The van der Waals surface area contributed by atoms with Crippen molar-refractivity contribution in [3.63, 3.8) is 0 Å². The van der Waals surface area contributed by atoms with Crippen molar-refractivity contribution in [3.8, 4) is 29.0 Å². The van der Waals surface area contributed by atoms with E-state index in [1.54, 1.807) is 28.3 Å². The summed E-state index contributed by atoms with van der Waals surface area (Å²) in [5.41, 5.74) is 2.45. The Morgan fingerprint density at radius 1 is 1.00 bits per heavy atom. The molecule has 0 saturated carbocycles. The van der Waals surface area contributed by atoms with Gasteiger partial charge in [-0.05, 0) is 31.5 Å². The maximum atomic E-state index is 12.9. The number of nitrogens with one attached hydrogen (secondary N) is 2. The Bertz CT molecular complexity index is 1090. The first-order valence-corrected chi connectivity index (χ1v) is 8.61. The zero-order chi connectivity index (χ0) is 20.0. The molecular weight excluding hydrogens is 364 g/mol. The van der Waals surface area contributed by atoms with Crippen molar-refractivity contribution in [3.05, 3.63) is 50.7 Å². The monoisotopic (exact) mass is 384 g/mol. The van der Waals surface area contributed by atoms with Gasteiger partial charge >= 0.3 is 0 Å². The lowest BCUT2D eigenvalue weighted by Gasteiger charge is -2.25. The molecule has 1 unspecified atom stereocenters. The maximum absolute atomic E-state index is 12.9. The van der Waals surface area contributed by atoms with Gasteiger partial charge in [0.1, 0.15) is 5.82 Å². The van der Waals surface area contributed by atoms with E-state index in [0.29, 0.717) is 34.5 Å². The van der Waals surface area contributed by atoms with Gasteiger partial charge in [-0.1, -0.05) is 0 Å². The highest BCUT2D eigenvalue weighted by Crippen LogP contribution is 2.48. The number of hydrogen-bond donors (Lipinski definition) is 2. The second kappa shape index (κ2) is 6.59. The summed E-state index contributed by atoms with van der Waals surface area (Å²) in [5, 5.41) is 7.15. The predicted octanol–water partition coefficient (Wildman–Crippen LogP) is 2.42. The number of hydrogen-bond acceptors (Lipinski definition) is 7. The molecule has 0 amide bonds. The normalized spacial score (nSPS) is 14.7. The van der Waals surface area contributed by atoms with E-state index in [9.17, 15) is 4.79 Å². The van der Waals surface area contributed by atoms with Crippen molar-refractivity contribution < 1.29 is 18.9 Å². The molecule has 3 heterocycles. The van der Waals surface area contributed by atoms with Crippen LogP contribution in [-0.2, 0) is 0 Å². The van der Waals surface area contributed by atoms with Crippen LogP contribution in [0.15, 0.2) is 16.9 Å². The summed E-state index contributed by atoms with van der Waals surface area (Å²) >= 11 is 0. The summed E-state index contributed by atoms with van der Waals surface area (Å²) < 4.78 is 22.2. The Hall–Kier alpha value is -3.49. The summed E-state index contributed by atoms with van der Waals surface area (Å²) in [7, 11) is 4.63. The smallest absolute Gasteiger partial charge is 0.258 e. The fourth-order valence-electron chi connectivity index (χ4n) is 3.57. The van der Waals surface area contributed by atoms with Crippen LogP contribution >= 0.6 is 0 Å². The van der Waals surface area contributed by atoms with Gasteiger partial charge in [-0.15, -0.1) is 5.10 Å². The molecule has 146 valence electrons. The number of rotatable bonds is 4. The number of nitrogens with zero attached hydrogens (tertiary/aromatic N) is 2. The van der Waals surface area contributed by atoms with E-state index in [0.717, 1.165) is 16.8 Å². The van der Waals surface area contributed by atoms with E-state index in [2.05, 4.69) is 20.2 Å². The van der Waals surface area contributed by atoms with Crippen LogP contribution in [0.25, 0.3) is 0 Å². The van der Waals surface area contributed by atoms with Crippen LogP contribution in [-0.4, -0.2) is 41.5 Å². The first-order chi connectivity index (χ1) is 13.5. The third-order valence-electron chi connectivity index (χ3n) is 4.79. The molecule has 1 atom stereocenters. The lowest BCUT2D eigenvalue weighted by molar-refractivity contribution is 0.323. The first-order valence-electron chi connectivity index (χ1n) is 8.61. The number of fused-ring (bicyclic) bond motifs is 2. The largest absolute Gasteiger partial charge is 0.493 e. The van der Waals surface area contributed by atoms with Crippen LogP contribution < -0.4 is 24.5 Å². The van der Waals surface area contributed by atoms with Crippen molar-refractivity contribution in [1.29, 1.82) is 0 Å². The average Bonchev–Trinajstić information content (AvgIpc) is 3.05. The van der Waals surface area contributed by atoms with E-state index in [1.807, 2.05) is 19.1 Å². The van der Waals surface area contributed by atoms with Gasteiger partial charge in [0.2, 0.25) is 17.5 Å². The second-order valence-corrected chi connectivity index (χ2v) is 6.43. The van der Waals surface area contributed by atoms with Crippen molar-refractivity contribution in [2.75, 3.05) is 21.3 Å². The van der Waals surface area contributed by atoms with Gasteiger partial charge in [0.05, 0.1) is 32.8 Å². The third-order valence-corrected chi connectivity index (χ3v) is 4.79. The van der Waals surface area contributed by atoms with Crippen molar-refractivity contribution in [2.24, 2.45) is 0 Å². The van der Waals surface area contributed by atoms with E-state index in [-0.39, 0.29) is 11.4 Å².